The largest absolute Gasteiger partial charge is 0.309 e. The highest BCUT2D eigenvalue weighted by atomic mass is 32.1. The first-order valence-electron chi connectivity index (χ1n) is 5.05. The van der Waals surface area contributed by atoms with Crippen molar-refractivity contribution in [1.82, 2.24) is 5.32 Å². The average Bonchev–Trinajstić information content (AvgIpc) is 2.70. The van der Waals surface area contributed by atoms with Crippen molar-refractivity contribution in [2.45, 2.75) is 32.2 Å². The third-order valence-corrected chi connectivity index (χ3v) is 3.22. The molecule has 1 aromatic rings. The fourth-order valence-electron chi connectivity index (χ4n) is 1.31. The van der Waals surface area contributed by atoms with Crippen molar-refractivity contribution in [3.63, 3.8) is 0 Å². The Labute approximate surface area is 90.5 Å². The van der Waals surface area contributed by atoms with Gasteiger partial charge in [-0.05, 0) is 37.8 Å². The van der Waals surface area contributed by atoms with Crippen LogP contribution in [-0.4, -0.2) is 6.54 Å². The maximum atomic E-state index is 5.18. The lowest BCUT2D eigenvalue weighted by Crippen LogP contribution is -2.18. The second-order valence-electron chi connectivity index (χ2n) is 3.35. The van der Waals surface area contributed by atoms with E-state index in [1.807, 2.05) is 0 Å². The Bertz CT molecular complexity index is 271. The lowest BCUT2D eigenvalue weighted by molar-refractivity contribution is 0.555. The van der Waals surface area contributed by atoms with Crippen LogP contribution in [0.25, 0.3) is 0 Å². The summed E-state index contributed by atoms with van der Waals surface area (Å²) in [6, 6.07) is 4.74. The zero-order chi connectivity index (χ0) is 10.2. The van der Waals surface area contributed by atoms with Crippen LogP contribution in [0, 0.1) is 12.3 Å². The summed E-state index contributed by atoms with van der Waals surface area (Å²) in [5.74, 6) is 2.66. The van der Waals surface area contributed by atoms with Gasteiger partial charge in [-0.25, -0.2) is 0 Å². The van der Waals surface area contributed by atoms with Gasteiger partial charge in [-0.2, -0.15) is 0 Å². The Morgan fingerprint density at radius 2 is 2.43 bits per heavy atom. The summed E-state index contributed by atoms with van der Waals surface area (Å²) in [7, 11) is 0. The Morgan fingerprint density at radius 3 is 3.07 bits per heavy atom. The van der Waals surface area contributed by atoms with Gasteiger partial charge in [0.2, 0.25) is 0 Å². The molecule has 1 atom stereocenters. The highest BCUT2D eigenvalue weighted by Crippen LogP contribution is 2.17. The minimum absolute atomic E-state index is 0.473. The van der Waals surface area contributed by atoms with Gasteiger partial charge >= 0.3 is 0 Å². The SMILES string of the molecule is C#CCCCCNC(C)c1cccs1. The van der Waals surface area contributed by atoms with Crippen LogP contribution in [-0.2, 0) is 0 Å². The first-order chi connectivity index (χ1) is 6.84. The molecule has 0 bridgehead atoms. The molecule has 1 rings (SSSR count). The van der Waals surface area contributed by atoms with E-state index < -0.39 is 0 Å². The summed E-state index contributed by atoms with van der Waals surface area (Å²) >= 11 is 1.80. The van der Waals surface area contributed by atoms with E-state index in [0.29, 0.717) is 6.04 Å². The second kappa shape index (κ2) is 6.64. The molecule has 0 saturated carbocycles. The van der Waals surface area contributed by atoms with Gasteiger partial charge in [0.25, 0.3) is 0 Å². The molecule has 1 aromatic heterocycles. The molecule has 14 heavy (non-hydrogen) atoms. The third-order valence-electron chi connectivity index (χ3n) is 2.17. The predicted molar refractivity (Wildman–Crippen MR) is 63.4 cm³/mol. The van der Waals surface area contributed by atoms with Crippen LogP contribution >= 0.6 is 11.3 Å². The minimum Gasteiger partial charge on any atom is -0.309 e. The van der Waals surface area contributed by atoms with E-state index in [4.69, 9.17) is 6.42 Å². The van der Waals surface area contributed by atoms with E-state index >= 15 is 0 Å². The highest BCUT2D eigenvalue weighted by Gasteiger charge is 2.03. The van der Waals surface area contributed by atoms with Crippen molar-refractivity contribution < 1.29 is 0 Å². The van der Waals surface area contributed by atoms with Gasteiger partial charge in [0.05, 0.1) is 0 Å². The molecular weight excluding hydrogens is 190 g/mol. The average molecular weight is 207 g/mol. The fraction of sp³-hybridized carbons (Fsp3) is 0.500. The minimum atomic E-state index is 0.473. The summed E-state index contributed by atoms with van der Waals surface area (Å²) in [5, 5.41) is 5.60. The number of hydrogen-bond acceptors (Lipinski definition) is 2. The Kier molecular flexibility index (Phi) is 5.36. The van der Waals surface area contributed by atoms with Crippen molar-refractivity contribution in [2.75, 3.05) is 6.54 Å². The first-order valence-corrected chi connectivity index (χ1v) is 5.93. The lowest BCUT2D eigenvalue weighted by atomic mass is 10.2. The molecule has 1 heterocycles. The summed E-state index contributed by atoms with van der Waals surface area (Å²) < 4.78 is 0. The Hall–Kier alpha value is -0.780. The zero-order valence-corrected chi connectivity index (χ0v) is 9.44. The maximum absolute atomic E-state index is 5.18. The Morgan fingerprint density at radius 1 is 1.57 bits per heavy atom. The number of unbranched alkanes of at least 4 members (excludes halogenated alkanes) is 2. The molecule has 0 aliphatic rings. The molecule has 1 N–H and O–H groups in total. The van der Waals surface area contributed by atoms with Crippen LogP contribution in [0.1, 0.15) is 37.1 Å². The van der Waals surface area contributed by atoms with Gasteiger partial charge in [0.15, 0.2) is 0 Å². The maximum Gasteiger partial charge on any atom is 0.0386 e. The molecule has 0 aliphatic carbocycles. The van der Waals surface area contributed by atoms with Gasteiger partial charge < -0.3 is 5.32 Å². The molecule has 2 heteroatoms. The van der Waals surface area contributed by atoms with Crippen molar-refractivity contribution in [1.29, 1.82) is 0 Å². The third kappa shape index (κ3) is 3.95. The molecule has 0 amide bonds. The lowest BCUT2D eigenvalue weighted by Gasteiger charge is -2.11. The van der Waals surface area contributed by atoms with Crippen LogP contribution in [0.4, 0.5) is 0 Å². The van der Waals surface area contributed by atoms with Crippen LogP contribution < -0.4 is 5.32 Å². The van der Waals surface area contributed by atoms with Gasteiger partial charge in [-0.15, -0.1) is 23.7 Å². The zero-order valence-electron chi connectivity index (χ0n) is 8.62. The van der Waals surface area contributed by atoms with E-state index in [1.165, 1.54) is 11.3 Å². The molecule has 0 aromatic carbocycles. The molecule has 0 fully saturated rings. The van der Waals surface area contributed by atoms with Gasteiger partial charge in [-0.3, -0.25) is 0 Å². The monoisotopic (exact) mass is 207 g/mol. The van der Waals surface area contributed by atoms with Crippen LogP contribution in [0.15, 0.2) is 17.5 Å². The summed E-state index contributed by atoms with van der Waals surface area (Å²) in [4.78, 5) is 1.40. The van der Waals surface area contributed by atoms with Crippen LogP contribution in [0.5, 0.6) is 0 Å². The van der Waals surface area contributed by atoms with Gasteiger partial charge in [0.1, 0.15) is 0 Å². The molecule has 0 saturated heterocycles. The van der Waals surface area contributed by atoms with Gasteiger partial charge in [-0.1, -0.05) is 6.07 Å². The number of terminal acetylenes is 1. The molecule has 0 aliphatic heterocycles. The fourth-order valence-corrected chi connectivity index (χ4v) is 2.07. The van der Waals surface area contributed by atoms with Crippen LogP contribution in [0.3, 0.4) is 0 Å². The smallest absolute Gasteiger partial charge is 0.0386 e. The molecule has 76 valence electrons. The van der Waals surface area contributed by atoms with E-state index in [2.05, 4.69) is 35.7 Å². The van der Waals surface area contributed by atoms with Crippen molar-refractivity contribution in [2.24, 2.45) is 0 Å². The highest BCUT2D eigenvalue weighted by molar-refractivity contribution is 7.10. The van der Waals surface area contributed by atoms with E-state index in [1.54, 1.807) is 11.3 Å². The quantitative estimate of drug-likeness (QED) is 0.558. The molecule has 1 unspecified atom stereocenters. The van der Waals surface area contributed by atoms with E-state index in [0.717, 1.165) is 19.4 Å². The van der Waals surface area contributed by atoms with Crippen molar-refractivity contribution in [3.05, 3.63) is 22.4 Å². The number of nitrogens with one attached hydrogen (secondary N) is 1. The van der Waals surface area contributed by atoms with Crippen LogP contribution in [0.2, 0.25) is 0 Å². The van der Waals surface area contributed by atoms with Crippen molar-refractivity contribution in [3.8, 4) is 12.3 Å². The second-order valence-corrected chi connectivity index (χ2v) is 4.33. The predicted octanol–water partition coefficient (Wildman–Crippen LogP) is 3.20. The van der Waals surface area contributed by atoms with E-state index in [-0.39, 0.29) is 0 Å². The standard InChI is InChI=1S/C12H17NS/c1-3-4-5-6-9-13-11(2)12-8-7-10-14-12/h1,7-8,10-11,13H,4-6,9H2,2H3. The molecular formula is C12H17NS. The molecule has 1 nitrogen and oxygen atoms in total. The first kappa shape index (κ1) is 11.3. The van der Waals surface area contributed by atoms with Crippen molar-refractivity contribution >= 4 is 11.3 Å². The van der Waals surface area contributed by atoms with Gasteiger partial charge in [0, 0.05) is 17.3 Å². The number of hydrogen-bond donors (Lipinski definition) is 1. The number of rotatable bonds is 6. The molecule has 0 spiro atoms. The topological polar surface area (TPSA) is 12.0 Å². The summed E-state index contributed by atoms with van der Waals surface area (Å²) in [6.45, 7) is 3.26. The molecule has 0 radical (unpaired) electrons. The number of thiophene rings is 1. The van der Waals surface area contributed by atoms with E-state index in [9.17, 15) is 0 Å². The Balaban J connectivity index is 2.10. The summed E-state index contributed by atoms with van der Waals surface area (Å²) in [5.41, 5.74) is 0. The summed E-state index contributed by atoms with van der Waals surface area (Å²) in [6.07, 6.45) is 8.37. The normalized spacial score (nSPS) is 12.3.